The molecule has 4 N–H and O–H groups in total. The summed E-state index contributed by atoms with van der Waals surface area (Å²) in [6, 6.07) is 0. The summed E-state index contributed by atoms with van der Waals surface area (Å²) < 4.78 is 16.2. The van der Waals surface area contributed by atoms with Crippen LogP contribution in [0.2, 0.25) is 0 Å². The van der Waals surface area contributed by atoms with Crippen LogP contribution in [0.3, 0.4) is 0 Å². The third-order valence-corrected chi connectivity index (χ3v) is 4.28. The molecule has 0 aromatic carbocycles. The fourth-order valence-corrected chi connectivity index (χ4v) is 1.93. The van der Waals surface area contributed by atoms with Gasteiger partial charge in [0.1, 0.15) is 6.29 Å². The molecule has 33 heavy (non-hydrogen) atoms. The zero-order valence-electron chi connectivity index (χ0n) is 20.6. The highest BCUT2D eigenvalue weighted by Gasteiger charge is 2.21. The van der Waals surface area contributed by atoms with Gasteiger partial charge in [0.25, 0.3) is 0 Å². The van der Waals surface area contributed by atoms with Crippen LogP contribution in [0.5, 0.6) is 0 Å². The Morgan fingerprint density at radius 1 is 0.758 bits per heavy atom. The second kappa shape index (κ2) is 18.9. The van der Waals surface area contributed by atoms with Gasteiger partial charge in [-0.1, -0.05) is 0 Å². The number of methoxy groups -OCH3 is 2. The Labute approximate surface area is 195 Å². The second-order valence-electron chi connectivity index (χ2n) is 8.09. The van der Waals surface area contributed by atoms with Crippen LogP contribution < -0.4 is 21.3 Å². The van der Waals surface area contributed by atoms with Crippen LogP contribution in [-0.2, 0) is 38.2 Å². The summed E-state index contributed by atoms with van der Waals surface area (Å²) >= 11 is 0. The number of hydrogen-bond donors (Lipinski definition) is 4. The van der Waals surface area contributed by atoms with E-state index in [0.29, 0.717) is 12.7 Å². The number of hydrogen-bond acceptors (Lipinski definition) is 8. The molecule has 0 rings (SSSR count). The Balaban J connectivity index is 0. The molecule has 0 fully saturated rings. The molecule has 0 aromatic heterocycles. The molecule has 12 heteroatoms. The van der Waals surface area contributed by atoms with Gasteiger partial charge in [0.2, 0.25) is 24.1 Å². The van der Waals surface area contributed by atoms with Gasteiger partial charge in [-0.3, -0.25) is 19.2 Å². The fraction of sp³-hybridized carbons (Fsp3) is 0.762. The zero-order chi connectivity index (χ0) is 25.8. The van der Waals surface area contributed by atoms with Crippen molar-refractivity contribution >= 4 is 30.4 Å². The molecule has 0 bridgehead atoms. The van der Waals surface area contributed by atoms with Gasteiger partial charge in [-0.15, -0.1) is 0 Å². The molecule has 192 valence electrons. The van der Waals surface area contributed by atoms with Crippen molar-refractivity contribution in [1.29, 1.82) is 0 Å². The van der Waals surface area contributed by atoms with Gasteiger partial charge in [-0.25, -0.2) is 0 Å². The van der Waals surface area contributed by atoms with E-state index in [-0.39, 0.29) is 37.4 Å². The Bertz CT molecular complexity index is 567. The molecule has 0 unspecified atom stereocenters. The van der Waals surface area contributed by atoms with Crippen molar-refractivity contribution < 1.29 is 38.2 Å². The van der Waals surface area contributed by atoms with Crippen LogP contribution in [0.1, 0.15) is 40.5 Å². The van der Waals surface area contributed by atoms with E-state index < -0.39 is 17.7 Å². The highest BCUT2D eigenvalue weighted by molar-refractivity contribution is 5.89. The van der Waals surface area contributed by atoms with Gasteiger partial charge in [-0.2, -0.15) is 0 Å². The quantitative estimate of drug-likeness (QED) is 0.193. The monoisotopic (exact) mass is 476 g/mol. The predicted octanol–water partition coefficient (Wildman–Crippen LogP) is -1.09. The number of amides is 4. The zero-order valence-corrected chi connectivity index (χ0v) is 20.6. The minimum Gasteiger partial charge on any atom is -0.385 e. The van der Waals surface area contributed by atoms with E-state index in [2.05, 4.69) is 49.0 Å². The summed E-state index contributed by atoms with van der Waals surface area (Å²) in [4.78, 5) is 52.9. The third kappa shape index (κ3) is 22.4. The molecule has 4 amide bonds. The first-order valence-corrected chi connectivity index (χ1v) is 10.5. The van der Waals surface area contributed by atoms with Gasteiger partial charge < -0.3 is 40.3 Å². The van der Waals surface area contributed by atoms with Gasteiger partial charge >= 0.3 is 0 Å². The molecule has 0 saturated carbocycles. The molecule has 0 aliphatic rings. The minimum atomic E-state index is -0.560. The molecule has 0 heterocycles. The third-order valence-electron chi connectivity index (χ3n) is 4.28. The molecule has 0 aliphatic carbocycles. The van der Waals surface area contributed by atoms with Crippen LogP contribution in [0.4, 0.5) is 0 Å². The maximum Gasteiger partial charge on any atom is 0.239 e. The van der Waals surface area contributed by atoms with Crippen molar-refractivity contribution in [1.82, 2.24) is 21.3 Å². The largest absolute Gasteiger partial charge is 0.385 e. The van der Waals surface area contributed by atoms with Crippen LogP contribution in [0, 0.1) is 0 Å². The minimum absolute atomic E-state index is 0.0999. The average Bonchev–Trinajstić information content (AvgIpc) is 2.77. The maximum absolute atomic E-state index is 11.1. The van der Waals surface area contributed by atoms with Crippen molar-refractivity contribution in [3.8, 4) is 0 Å². The van der Waals surface area contributed by atoms with Crippen LogP contribution in [0.25, 0.3) is 0 Å². The van der Waals surface area contributed by atoms with E-state index in [1.165, 1.54) is 0 Å². The highest BCUT2D eigenvalue weighted by atomic mass is 16.5. The average molecular weight is 477 g/mol. The molecule has 0 radical (unpaired) electrons. The summed E-state index contributed by atoms with van der Waals surface area (Å²) in [6.07, 6.45) is 2.69. The summed E-state index contributed by atoms with van der Waals surface area (Å²) in [7, 11) is 3.44. The molecular weight excluding hydrogens is 436 g/mol. The Morgan fingerprint density at radius 3 is 1.76 bits per heavy atom. The maximum atomic E-state index is 11.1. The van der Waals surface area contributed by atoms with Gasteiger partial charge in [-0.05, 0) is 40.5 Å². The van der Waals surface area contributed by atoms with E-state index in [0.717, 1.165) is 26.1 Å². The normalized spacial score (nSPS) is 10.8. The second-order valence-corrected chi connectivity index (χ2v) is 8.09. The number of nitrogens with one attached hydrogen (secondary N) is 4. The van der Waals surface area contributed by atoms with E-state index in [9.17, 15) is 24.0 Å². The SMILES string of the molecule is COCCC(C)(C)OCCC(C)(C)OC.O=CCNC(=O)CNC(=O)CNC(=O)CNC=O. The first-order valence-electron chi connectivity index (χ1n) is 10.5. The van der Waals surface area contributed by atoms with Gasteiger partial charge in [0, 0.05) is 20.8 Å². The van der Waals surface area contributed by atoms with E-state index in [4.69, 9.17) is 14.2 Å². The number of rotatable bonds is 17. The number of carbonyl (C=O) groups excluding carboxylic acids is 5. The Morgan fingerprint density at radius 2 is 1.27 bits per heavy atom. The molecule has 0 aromatic rings. The number of ether oxygens (including phenoxy) is 3. The summed E-state index contributed by atoms with van der Waals surface area (Å²) in [5.74, 6) is -1.59. The lowest BCUT2D eigenvalue weighted by atomic mass is 10.0. The lowest BCUT2D eigenvalue weighted by Crippen LogP contribution is -2.43. The summed E-state index contributed by atoms with van der Waals surface area (Å²) in [6.45, 7) is 8.84. The lowest BCUT2D eigenvalue weighted by molar-refractivity contribution is -0.127. The van der Waals surface area contributed by atoms with E-state index >= 15 is 0 Å². The molecule has 0 atom stereocenters. The van der Waals surface area contributed by atoms with Crippen LogP contribution >= 0.6 is 0 Å². The molecule has 0 aliphatic heterocycles. The summed E-state index contributed by atoms with van der Waals surface area (Å²) in [5, 5.41) is 8.80. The van der Waals surface area contributed by atoms with E-state index in [1.807, 2.05) is 0 Å². The van der Waals surface area contributed by atoms with Crippen molar-refractivity contribution in [2.45, 2.75) is 51.7 Å². The Hall–Kier alpha value is -2.57. The summed E-state index contributed by atoms with van der Waals surface area (Å²) in [5.41, 5.74) is -0.211. The fourth-order valence-electron chi connectivity index (χ4n) is 1.93. The molecule has 0 spiro atoms. The molecular formula is C21H40N4O8. The van der Waals surface area contributed by atoms with E-state index in [1.54, 1.807) is 14.2 Å². The predicted molar refractivity (Wildman–Crippen MR) is 121 cm³/mol. The van der Waals surface area contributed by atoms with Gasteiger partial charge in [0.05, 0.1) is 44.0 Å². The number of carbonyl (C=O) groups is 5. The Kier molecular flexibility index (Phi) is 18.7. The lowest BCUT2D eigenvalue weighted by Gasteiger charge is -2.28. The number of aldehydes is 1. The van der Waals surface area contributed by atoms with Crippen LogP contribution in [-0.4, -0.2) is 95.2 Å². The van der Waals surface area contributed by atoms with Crippen molar-refractivity contribution in [2.24, 2.45) is 0 Å². The smallest absolute Gasteiger partial charge is 0.239 e. The van der Waals surface area contributed by atoms with Gasteiger partial charge in [0.15, 0.2) is 0 Å². The first kappa shape index (κ1) is 32.6. The van der Waals surface area contributed by atoms with Crippen molar-refractivity contribution in [2.75, 3.05) is 53.6 Å². The molecule has 12 nitrogen and oxygen atoms in total. The van der Waals surface area contributed by atoms with Crippen LogP contribution in [0.15, 0.2) is 0 Å². The highest BCUT2D eigenvalue weighted by Crippen LogP contribution is 2.18. The first-order chi connectivity index (χ1) is 15.4. The topological polar surface area (TPSA) is 161 Å². The van der Waals surface area contributed by atoms with Crippen molar-refractivity contribution in [3.63, 3.8) is 0 Å². The standard InChI is InChI=1S/C12H26O3.C9H14N4O5/c1-11(2,14-6)8-10-15-12(3,4)7-9-13-5;14-2-1-11-8(17)4-13-9(18)5-12-7(16)3-10-6-15/h7-10H2,1-6H3;2,6H,1,3-5H2,(H,10,15)(H,11,17)(H,12,16)(H,13,18). The molecule has 0 saturated heterocycles. The van der Waals surface area contributed by atoms with Crippen molar-refractivity contribution in [3.05, 3.63) is 0 Å².